The van der Waals surface area contributed by atoms with Gasteiger partial charge in [-0.25, -0.2) is 9.78 Å². The van der Waals surface area contributed by atoms with Crippen LogP contribution >= 0.6 is 0 Å². The number of halogens is 3. The van der Waals surface area contributed by atoms with Crippen molar-refractivity contribution in [2.75, 3.05) is 16.4 Å². The lowest BCUT2D eigenvalue weighted by Crippen LogP contribution is -2.20. The predicted octanol–water partition coefficient (Wildman–Crippen LogP) is 5.27. The van der Waals surface area contributed by atoms with Crippen LogP contribution in [0.4, 0.5) is 35.3 Å². The van der Waals surface area contributed by atoms with Crippen molar-refractivity contribution in [3.8, 4) is 11.3 Å². The van der Waals surface area contributed by atoms with Crippen LogP contribution in [-0.4, -0.2) is 16.0 Å². The number of nitrogens with two attached hydrogens (primary N) is 1. The quantitative estimate of drug-likeness (QED) is 0.467. The minimum absolute atomic E-state index is 0.0622. The average Bonchev–Trinajstić information content (AvgIpc) is 3.09. The Bertz CT molecular complexity index is 1010. The molecule has 0 bridgehead atoms. The highest BCUT2D eigenvalue weighted by Crippen LogP contribution is 2.34. The topological polar surface area (TPSA) is 95.8 Å². The number of aromatic nitrogens is 2. The molecule has 2 aromatic carbocycles. The number of anilines is 3. The molecule has 0 saturated carbocycles. The second-order valence-electron chi connectivity index (χ2n) is 6.46. The summed E-state index contributed by atoms with van der Waals surface area (Å²) in [5, 5.41) is 5.05. The van der Waals surface area contributed by atoms with E-state index in [4.69, 9.17) is 5.73 Å². The highest BCUT2D eigenvalue weighted by Gasteiger charge is 2.33. The van der Waals surface area contributed by atoms with Gasteiger partial charge in [0.1, 0.15) is 0 Å². The fraction of sp³-hybridized carbons (Fsp3) is 0.200. The number of carbonyl (C=O) groups is 1. The van der Waals surface area contributed by atoms with Gasteiger partial charge in [0.15, 0.2) is 5.95 Å². The normalized spacial score (nSPS) is 11.3. The summed E-state index contributed by atoms with van der Waals surface area (Å²) in [6, 6.07) is 10.0. The van der Waals surface area contributed by atoms with E-state index in [0.29, 0.717) is 24.2 Å². The van der Waals surface area contributed by atoms with Crippen molar-refractivity contribution in [3.05, 3.63) is 59.8 Å². The molecule has 0 fully saturated rings. The van der Waals surface area contributed by atoms with E-state index in [1.165, 1.54) is 12.1 Å². The third-order valence-corrected chi connectivity index (χ3v) is 4.22. The minimum atomic E-state index is -4.49. The van der Waals surface area contributed by atoms with Crippen molar-refractivity contribution in [1.82, 2.24) is 9.97 Å². The molecule has 2 amide bonds. The van der Waals surface area contributed by atoms with Crippen molar-refractivity contribution in [2.24, 2.45) is 0 Å². The molecule has 0 spiro atoms. The number of H-pyrrole nitrogens is 1. The van der Waals surface area contributed by atoms with Gasteiger partial charge < -0.3 is 21.4 Å². The summed E-state index contributed by atoms with van der Waals surface area (Å²) in [4.78, 5) is 19.1. The second-order valence-corrected chi connectivity index (χ2v) is 6.46. The van der Waals surface area contributed by atoms with Gasteiger partial charge in [-0.3, -0.25) is 0 Å². The Labute approximate surface area is 165 Å². The number of imidazole rings is 1. The number of hydrogen-bond acceptors (Lipinski definition) is 3. The first-order chi connectivity index (χ1) is 13.8. The van der Waals surface area contributed by atoms with Gasteiger partial charge >= 0.3 is 12.2 Å². The molecule has 0 unspecified atom stereocenters. The number of nitrogens with zero attached hydrogens (tertiary/aromatic N) is 1. The molecule has 0 aliphatic carbocycles. The monoisotopic (exact) mass is 403 g/mol. The molecule has 9 heteroatoms. The summed E-state index contributed by atoms with van der Waals surface area (Å²) in [7, 11) is 0. The third-order valence-electron chi connectivity index (χ3n) is 4.22. The third kappa shape index (κ3) is 5.07. The molecule has 6 nitrogen and oxygen atoms in total. The number of nitrogen functional groups attached to an aromatic ring is 1. The van der Waals surface area contributed by atoms with Gasteiger partial charge in [0, 0.05) is 16.9 Å². The summed E-state index contributed by atoms with van der Waals surface area (Å²) in [6.45, 7) is 1.81. The summed E-state index contributed by atoms with van der Waals surface area (Å²) < 4.78 is 39.9. The van der Waals surface area contributed by atoms with E-state index >= 15 is 0 Å². The Morgan fingerprint density at radius 2 is 1.86 bits per heavy atom. The van der Waals surface area contributed by atoms with Crippen LogP contribution in [0.1, 0.15) is 24.5 Å². The lowest BCUT2D eigenvalue weighted by atomic mass is 10.0. The van der Waals surface area contributed by atoms with Gasteiger partial charge in [0.2, 0.25) is 0 Å². The van der Waals surface area contributed by atoms with Gasteiger partial charge in [-0.15, -0.1) is 0 Å². The molecule has 0 aliphatic rings. The Hall–Kier alpha value is -3.49. The highest BCUT2D eigenvalue weighted by molar-refractivity contribution is 6.00. The Kier molecular flexibility index (Phi) is 5.76. The van der Waals surface area contributed by atoms with Crippen LogP contribution in [0.25, 0.3) is 11.3 Å². The van der Waals surface area contributed by atoms with E-state index in [0.717, 1.165) is 11.6 Å². The smallest absolute Gasteiger partial charge is 0.369 e. The number of rotatable bonds is 5. The number of aromatic amines is 1. The lowest BCUT2D eigenvalue weighted by molar-refractivity contribution is -0.138. The first-order valence-corrected chi connectivity index (χ1v) is 8.95. The van der Waals surface area contributed by atoms with Gasteiger partial charge in [0.05, 0.1) is 17.5 Å². The number of hydrogen-bond donors (Lipinski definition) is 4. The van der Waals surface area contributed by atoms with Crippen LogP contribution < -0.4 is 16.4 Å². The summed E-state index contributed by atoms with van der Waals surface area (Å²) in [6.07, 6.45) is -2.02. The first kappa shape index (κ1) is 20.2. The van der Waals surface area contributed by atoms with Crippen molar-refractivity contribution < 1.29 is 18.0 Å². The molecule has 1 aromatic heterocycles. The van der Waals surface area contributed by atoms with Gasteiger partial charge in [-0.05, 0) is 36.2 Å². The number of benzene rings is 2. The van der Waals surface area contributed by atoms with Crippen molar-refractivity contribution in [1.29, 1.82) is 0 Å². The van der Waals surface area contributed by atoms with Crippen LogP contribution in [0.3, 0.4) is 0 Å². The SMILES string of the molecule is CCCc1ccc(NC(=O)Nc2cccc(-c3cnc(N)[nH]3)c2)cc1C(F)(F)F. The standard InChI is InChI=1S/C20H20F3N5O/c1-2-4-12-7-8-15(10-16(12)20(21,22)23)27-19(29)26-14-6-3-5-13(9-14)17-11-25-18(24)28-17/h3,5-11H,2,4H2,1H3,(H3,24,25,28)(H2,26,27,29). The fourth-order valence-corrected chi connectivity index (χ4v) is 2.95. The summed E-state index contributed by atoms with van der Waals surface area (Å²) >= 11 is 0. The Morgan fingerprint density at radius 3 is 2.48 bits per heavy atom. The van der Waals surface area contributed by atoms with Crippen molar-refractivity contribution in [3.63, 3.8) is 0 Å². The molecule has 152 valence electrons. The van der Waals surface area contributed by atoms with Crippen molar-refractivity contribution >= 4 is 23.4 Å². The molecule has 0 atom stereocenters. The van der Waals surface area contributed by atoms with Crippen LogP contribution in [0.2, 0.25) is 0 Å². The molecule has 0 saturated heterocycles. The maximum Gasteiger partial charge on any atom is 0.416 e. The van der Waals surface area contributed by atoms with Gasteiger partial charge in [-0.1, -0.05) is 31.5 Å². The van der Waals surface area contributed by atoms with E-state index in [9.17, 15) is 18.0 Å². The average molecular weight is 403 g/mol. The maximum atomic E-state index is 13.3. The second kappa shape index (κ2) is 8.26. The Morgan fingerprint density at radius 1 is 1.14 bits per heavy atom. The van der Waals surface area contributed by atoms with E-state index < -0.39 is 17.8 Å². The molecule has 5 N–H and O–H groups in total. The first-order valence-electron chi connectivity index (χ1n) is 8.95. The molecule has 1 heterocycles. The van der Waals surface area contributed by atoms with Crippen LogP contribution in [0.15, 0.2) is 48.7 Å². The molecule has 0 radical (unpaired) electrons. The zero-order chi connectivity index (χ0) is 21.0. The number of carbonyl (C=O) groups excluding carboxylic acids is 1. The predicted molar refractivity (Wildman–Crippen MR) is 107 cm³/mol. The molecule has 29 heavy (non-hydrogen) atoms. The number of aryl methyl sites for hydroxylation is 1. The van der Waals surface area contributed by atoms with Gasteiger partial charge in [-0.2, -0.15) is 13.2 Å². The van der Waals surface area contributed by atoms with Crippen LogP contribution in [0.5, 0.6) is 0 Å². The van der Waals surface area contributed by atoms with Gasteiger partial charge in [0.25, 0.3) is 0 Å². The summed E-state index contributed by atoms with van der Waals surface area (Å²) in [5.41, 5.74) is 6.98. The maximum absolute atomic E-state index is 13.3. The Balaban J connectivity index is 1.74. The minimum Gasteiger partial charge on any atom is -0.369 e. The van der Waals surface area contributed by atoms with Crippen molar-refractivity contribution in [2.45, 2.75) is 25.9 Å². The van der Waals surface area contributed by atoms with E-state index in [1.54, 1.807) is 30.5 Å². The number of urea groups is 1. The van der Waals surface area contributed by atoms with Crippen LogP contribution in [-0.2, 0) is 12.6 Å². The molecule has 3 aromatic rings. The molecular weight excluding hydrogens is 383 g/mol. The number of nitrogens with one attached hydrogen (secondary N) is 3. The van der Waals surface area contributed by atoms with Crippen LogP contribution in [0, 0.1) is 0 Å². The number of alkyl halides is 3. The fourth-order valence-electron chi connectivity index (χ4n) is 2.95. The molecule has 0 aliphatic heterocycles. The zero-order valence-electron chi connectivity index (χ0n) is 15.6. The lowest BCUT2D eigenvalue weighted by Gasteiger charge is -2.15. The molecular formula is C20H20F3N5O. The highest BCUT2D eigenvalue weighted by atomic mass is 19.4. The summed E-state index contributed by atoms with van der Waals surface area (Å²) in [5.74, 6) is 0.267. The molecule has 3 rings (SSSR count). The number of amides is 2. The van der Waals surface area contributed by atoms with E-state index in [2.05, 4.69) is 20.6 Å². The van der Waals surface area contributed by atoms with E-state index in [-0.39, 0.29) is 17.2 Å². The van der Waals surface area contributed by atoms with E-state index in [1.807, 2.05) is 6.92 Å². The largest absolute Gasteiger partial charge is 0.416 e. The zero-order valence-corrected chi connectivity index (χ0v) is 15.6.